The van der Waals surface area contributed by atoms with Crippen LogP contribution in [0.2, 0.25) is 0 Å². The van der Waals surface area contributed by atoms with Gasteiger partial charge in [-0.1, -0.05) is 13.8 Å². The Morgan fingerprint density at radius 3 is 2.08 bits per heavy atom. The summed E-state index contributed by atoms with van der Waals surface area (Å²) >= 11 is 0. The highest BCUT2D eigenvalue weighted by atomic mass is 16.5. The zero-order valence-corrected chi connectivity index (χ0v) is 9.05. The van der Waals surface area contributed by atoms with E-state index in [0.717, 1.165) is 6.42 Å². The van der Waals surface area contributed by atoms with E-state index in [0.29, 0.717) is 12.5 Å². The summed E-state index contributed by atoms with van der Waals surface area (Å²) in [5.74, 6) is 0.656. The van der Waals surface area contributed by atoms with E-state index in [1.807, 2.05) is 0 Å². The maximum atomic E-state index is 5.86. The van der Waals surface area contributed by atoms with E-state index >= 15 is 0 Å². The minimum Gasteiger partial charge on any atom is -0.374 e. The molecule has 2 heteroatoms. The van der Waals surface area contributed by atoms with Gasteiger partial charge in [0.05, 0.1) is 12.2 Å². The van der Waals surface area contributed by atoms with E-state index in [-0.39, 0.29) is 11.6 Å². The number of ether oxygens (including phenoxy) is 1. The summed E-state index contributed by atoms with van der Waals surface area (Å²) in [6.07, 6.45) is 1.04. The first-order valence-electron chi connectivity index (χ1n) is 4.71. The van der Waals surface area contributed by atoms with E-state index in [1.54, 1.807) is 0 Å². The van der Waals surface area contributed by atoms with Crippen molar-refractivity contribution in [2.45, 2.75) is 52.7 Å². The zero-order chi connectivity index (χ0) is 9.78. The summed E-state index contributed by atoms with van der Waals surface area (Å²) in [5.41, 5.74) is 5.80. The molecule has 0 radical (unpaired) electrons. The van der Waals surface area contributed by atoms with E-state index in [1.165, 1.54) is 0 Å². The number of nitrogens with two attached hydrogens (primary N) is 1. The first-order valence-corrected chi connectivity index (χ1v) is 4.71. The molecule has 0 heterocycles. The summed E-state index contributed by atoms with van der Waals surface area (Å²) in [5, 5.41) is 0. The third-order valence-corrected chi connectivity index (χ3v) is 1.50. The normalized spacial score (nSPS) is 15.2. The molecule has 12 heavy (non-hydrogen) atoms. The molecule has 0 spiro atoms. The smallest absolute Gasteiger partial charge is 0.0624 e. The second-order valence-corrected chi connectivity index (χ2v) is 4.81. The Morgan fingerprint density at radius 1 is 1.25 bits per heavy atom. The van der Waals surface area contributed by atoms with Crippen LogP contribution in [0.5, 0.6) is 0 Å². The van der Waals surface area contributed by atoms with Crippen molar-refractivity contribution in [2.24, 2.45) is 11.7 Å². The molecule has 2 N–H and O–H groups in total. The molecule has 0 unspecified atom stereocenters. The lowest BCUT2D eigenvalue weighted by Gasteiger charge is -2.23. The molecule has 74 valence electrons. The van der Waals surface area contributed by atoms with Crippen molar-refractivity contribution < 1.29 is 4.74 Å². The van der Waals surface area contributed by atoms with Gasteiger partial charge in [-0.3, -0.25) is 0 Å². The van der Waals surface area contributed by atoms with Crippen LogP contribution < -0.4 is 5.73 Å². The molecular weight excluding hydrogens is 150 g/mol. The van der Waals surface area contributed by atoms with E-state index in [9.17, 15) is 0 Å². The molecule has 0 aromatic heterocycles. The van der Waals surface area contributed by atoms with Crippen LogP contribution in [0.15, 0.2) is 0 Å². The molecule has 2 nitrogen and oxygen atoms in total. The van der Waals surface area contributed by atoms with Crippen LogP contribution in [-0.2, 0) is 4.74 Å². The fourth-order valence-corrected chi connectivity index (χ4v) is 1.03. The van der Waals surface area contributed by atoms with Gasteiger partial charge in [-0.15, -0.1) is 0 Å². The maximum absolute atomic E-state index is 5.86. The van der Waals surface area contributed by atoms with Crippen LogP contribution in [0, 0.1) is 5.92 Å². The van der Waals surface area contributed by atoms with Crippen molar-refractivity contribution in [1.29, 1.82) is 0 Å². The molecule has 0 aliphatic carbocycles. The number of hydrogen-bond donors (Lipinski definition) is 1. The van der Waals surface area contributed by atoms with Crippen molar-refractivity contribution in [3.8, 4) is 0 Å². The van der Waals surface area contributed by atoms with Crippen LogP contribution in [-0.4, -0.2) is 18.2 Å². The summed E-state index contributed by atoms with van der Waals surface area (Å²) in [7, 11) is 0. The van der Waals surface area contributed by atoms with Gasteiger partial charge in [-0.2, -0.15) is 0 Å². The predicted molar refractivity (Wildman–Crippen MR) is 53.1 cm³/mol. The van der Waals surface area contributed by atoms with Crippen LogP contribution in [0.3, 0.4) is 0 Å². The highest BCUT2D eigenvalue weighted by Gasteiger charge is 2.13. The summed E-state index contributed by atoms with van der Waals surface area (Å²) in [6.45, 7) is 11.2. The van der Waals surface area contributed by atoms with E-state index in [4.69, 9.17) is 10.5 Å². The predicted octanol–water partition coefficient (Wildman–Crippen LogP) is 2.17. The van der Waals surface area contributed by atoms with Gasteiger partial charge in [-0.05, 0) is 33.1 Å². The molecule has 0 aliphatic rings. The summed E-state index contributed by atoms with van der Waals surface area (Å²) in [6, 6.07) is 0.184. The van der Waals surface area contributed by atoms with Gasteiger partial charge in [0, 0.05) is 6.04 Å². The van der Waals surface area contributed by atoms with Gasteiger partial charge in [0.15, 0.2) is 0 Å². The van der Waals surface area contributed by atoms with Gasteiger partial charge in [-0.25, -0.2) is 0 Å². The van der Waals surface area contributed by atoms with E-state index < -0.39 is 0 Å². The fourth-order valence-electron chi connectivity index (χ4n) is 1.03. The minimum absolute atomic E-state index is 0.0609. The third kappa shape index (κ3) is 8.02. The monoisotopic (exact) mass is 173 g/mol. The molecule has 0 saturated heterocycles. The molecule has 0 amide bonds. The SMILES string of the molecule is CC(C)C[C@@H](N)COC(C)(C)C. The minimum atomic E-state index is -0.0609. The van der Waals surface area contributed by atoms with Crippen molar-refractivity contribution in [3.05, 3.63) is 0 Å². The van der Waals surface area contributed by atoms with Gasteiger partial charge in [0.1, 0.15) is 0 Å². The third-order valence-electron chi connectivity index (χ3n) is 1.50. The van der Waals surface area contributed by atoms with Gasteiger partial charge < -0.3 is 10.5 Å². The fraction of sp³-hybridized carbons (Fsp3) is 1.00. The number of hydrogen-bond acceptors (Lipinski definition) is 2. The van der Waals surface area contributed by atoms with Gasteiger partial charge in [0.2, 0.25) is 0 Å². The Hall–Kier alpha value is -0.0800. The Balaban J connectivity index is 3.51. The Labute approximate surface area is 76.5 Å². The maximum Gasteiger partial charge on any atom is 0.0624 e. The highest BCUT2D eigenvalue weighted by molar-refractivity contribution is 4.66. The standard InChI is InChI=1S/C10H23NO/c1-8(2)6-9(11)7-12-10(3,4)5/h8-9H,6-7,11H2,1-5H3/t9-/m1/s1. The lowest BCUT2D eigenvalue weighted by molar-refractivity contribution is -0.0119. The molecular formula is C10H23NO. The second-order valence-electron chi connectivity index (χ2n) is 4.81. The molecule has 0 aromatic carbocycles. The summed E-state index contributed by atoms with van der Waals surface area (Å²) in [4.78, 5) is 0. The Morgan fingerprint density at radius 2 is 1.75 bits per heavy atom. The zero-order valence-electron chi connectivity index (χ0n) is 9.05. The van der Waals surface area contributed by atoms with Crippen molar-refractivity contribution >= 4 is 0 Å². The first-order chi connectivity index (χ1) is 5.31. The molecule has 1 atom stereocenters. The van der Waals surface area contributed by atoms with Crippen molar-refractivity contribution in [3.63, 3.8) is 0 Å². The second kappa shape index (κ2) is 4.83. The number of rotatable bonds is 4. The molecule has 0 aliphatic heterocycles. The molecule has 0 fully saturated rings. The average Bonchev–Trinajstić information content (AvgIpc) is 1.80. The first kappa shape index (κ1) is 11.9. The Bertz CT molecular complexity index is 115. The molecule has 0 rings (SSSR count). The lowest BCUT2D eigenvalue weighted by atomic mass is 10.1. The van der Waals surface area contributed by atoms with E-state index in [2.05, 4.69) is 34.6 Å². The average molecular weight is 173 g/mol. The van der Waals surface area contributed by atoms with Crippen molar-refractivity contribution in [2.75, 3.05) is 6.61 Å². The van der Waals surface area contributed by atoms with Gasteiger partial charge >= 0.3 is 0 Å². The largest absolute Gasteiger partial charge is 0.374 e. The molecule has 0 saturated carbocycles. The quantitative estimate of drug-likeness (QED) is 0.707. The Kier molecular flexibility index (Phi) is 4.80. The van der Waals surface area contributed by atoms with Gasteiger partial charge in [0.25, 0.3) is 0 Å². The lowest BCUT2D eigenvalue weighted by Crippen LogP contribution is -2.32. The van der Waals surface area contributed by atoms with Crippen LogP contribution in [0.25, 0.3) is 0 Å². The highest BCUT2D eigenvalue weighted by Crippen LogP contribution is 2.09. The molecule has 0 bridgehead atoms. The van der Waals surface area contributed by atoms with Crippen molar-refractivity contribution in [1.82, 2.24) is 0 Å². The van der Waals surface area contributed by atoms with Crippen LogP contribution >= 0.6 is 0 Å². The van der Waals surface area contributed by atoms with Crippen LogP contribution in [0.1, 0.15) is 41.0 Å². The van der Waals surface area contributed by atoms with Crippen LogP contribution in [0.4, 0.5) is 0 Å². The summed E-state index contributed by atoms with van der Waals surface area (Å²) < 4.78 is 5.57. The topological polar surface area (TPSA) is 35.2 Å². The molecule has 0 aromatic rings.